The van der Waals surface area contributed by atoms with Crippen molar-refractivity contribution in [1.82, 2.24) is 0 Å². The number of methoxy groups -OCH3 is 1. The number of hydrogen-bond acceptors (Lipinski definition) is 5. The van der Waals surface area contributed by atoms with Gasteiger partial charge in [0.25, 0.3) is 0 Å². The van der Waals surface area contributed by atoms with E-state index in [0.717, 1.165) is 40.4 Å². The molecule has 5 rings (SSSR count). The monoisotopic (exact) mass is 453 g/mol. The highest BCUT2D eigenvalue weighted by atomic mass is 32.2. The van der Waals surface area contributed by atoms with E-state index in [0.29, 0.717) is 6.61 Å². The minimum atomic E-state index is -3.77. The van der Waals surface area contributed by atoms with Gasteiger partial charge in [0.15, 0.2) is 0 Å². The van der Waals surface area contributed by atoms with E-state index in [1.807, 2.05) is 24.3 Å². The van der Waals surface area contributed by atoms with Gasteiger partial charge >= 0.3 is 0 Å². The first kappa shape index (κ1) is 20.8. The van der Waals surface area contributed by atoms with Crippen molar-refractivity contribution < 1.29 is 22.3 Å². The van der Waals surface area contributed by atoms with Crippen molar-refractivity contribution in [3.8, 4) is 11.5 Å². The number of sulfone groups is 1. The predicted molar refractivity (Wildman–Crippen MR) is 120 cm³/mol. The first-order valence-corrected chi connectivity index (χ1v) is 11.9. The third-order valence-electron chi connectivity index (χ3n) is 6.74. The second kappa shape index (κ2) is 7.24. The van der Waals surface area contributed by atoms with Gasteiger partial charge in [0, 0.05) is 17.0 Å². The van der Waals surface area contributed by atoms with Crippen molar-refractivity contribution in [3.63, 3.8) is 0 Å². The van der Waals surface area contributed by atoms with Crippen LogP contribution in [0, 0.1) is 11.7 Å². The van der Waals surface area contributed by atoms with Gasteiger partial charge in [-0.05, 0) is 60.2 Å². The minimum absolute atomic E-state index is 0.0306. The minimum Gasteiger partial charge on any atom is -0.496 e. The lowest BCUT2D eigenvalue weighted by Crippen LogP contribution is -2.46. The number of benzene rings is 3. The lowest BCUT2D eigenvalue weighted by Gasteiger charge is -2.48. The zero-order valence-electron chi connectivity index (χ0n) is 18.1. The molecular formula is C25H24FNO4S. The van der Waals surface area contributed by atoms with Crippen LogP contribution in [-0.2, 0) is 15.3 Å². The molecule has 7 heteroatoms. The fourth-order valence-corrected chi connectivity index (χ4v) is 6.16. The average Bonchev–Trinajstić information content (AvgIpc) is 2.78. The topological polar surface area (TPSA) is 64.6 Å². The van der Waals surface area contributed by atoms with Crippen LogP contribution in [0.2, 0.25) is 0 Å². The Labute approximate surface area is 187 Å². The van der Waals surface area contributed by atoms with Crippen LogP contribution in [0.3, 0.4) is 0 Å². The van der Waals surface area contributed by atoms with E-state index in [-0.39, 0.29) is 27.2 Å². The number of fused-ring (bicyclic) bond motifs is 4. The molecule has 0 aromatic heterocycles. The summed E-state index contributed by atoms with van der Waals surface area (Å²) in [5.41, 5.74) is 2.39. The largest absolute Gasteiger partial charge is 0.496 e. The smallest absolute Gasteiger partial charge is 0.206 e. The van der Waals surface area contributed by atoms with Crippen LogP contribution in [0.4, 0.5) is 10.1 Å². The number of nitrogens with one attached hydrogen (secondary N) is 1. The van der Waals surface area contributed by atoms with E-state index in [2.05, 4.69) is 19.2 Å². The molecule has 0 amide bonds. The molecular weight excluding hydrogens is 429 g/mol. The van der Waals surface area contributed by atoms with Crippen LogP contribution in [0.1, 0.15) is 31.0 Å². The van der Waals surface area contributed by atoms with Gasteiger partial charge in [-0.25, -0.2) is 12.8 Å². The van der Waals surface area contributed by atoms with Crippen molar-refractivity contribution in [1.29, 1.82) is 0 Å². The van der Waals surface area contributed by atoms with Gasteiger partial charge < -0.3 is 14.8 Å². The summed E-state index contributed by atoms with van der Waals surface area (Å²) in [5.74, 6) is 1.15. The van der Waals surface area contributed by atoms with Crippen LogP contribution >= 0.6 is 0 Å². The third kappa shape index (κ3) is 3.06. The molecule has 0 aliphatic carbocycles. The highest BCUT2D eigenvalue weighted by Gasteiger charge is 2.47. The molecule has 0 fully saturated rings. The van der Waals surface area contributed by atoms with Crippen LogP contribution in [0.15, 0.2) is 70.5 Å². The molecule has 3 aromatic carbocycles. The van der Waals surface area contributed by atoms with Crippen LogP contribution < -0.4 is 14.8 Å². The zero-order valence-corrected chi connectivity index (χ0v) is 18.9. The molecule has 0 saturated carbocycles. The Hall–Kier alpha value is -3.06. The molecule has 0 radical (unpaired) electrons. The van der Waals surface area contributed by atoms with Crippen molar-refractivity contribution in [3.05, 3.63) is 77.6 Å². The van der Waals surface area contributed by atoms with Gasteiger partial charge in [0.1, 0.15) is 17.3 Å². The number of rotatable bonds is 3. The normalized spacial score (nSPS) is 20.8. The SMILES string of the molecule is COc1cccc2c1[C@H]1Nc3ccc(S(=O)(=O)c4ccc(F)cc4)cc3C(C)(C)[C@H]1CO2. The van der Waals surface area contributed by atoms with Gasteiger partial charge in [-0.2, -0.15) is 0 Å². The Bertz CT molecular complexity index is 1290. The second-order valence-corrected chi connectivity index (χ2v) is 10.7. The molecule has 2 aliphatic heterocycles. The summed E-state index contributed by atoms with van der Waals surface area (Å²) in [6.07, 6.45) is 0. The van der Waals surface area contributed by atoms with Gasteiger partial charge in [0.2, 0.25) is 9.84 Å². The van der Waals surface area contributed by atoms with Gasteiger partial charge in [-0.1, -0.05) is 19.9 Å². The Morgan fingerprint density at radius 2 is 1.78 bits per heavy atom. The Balaban J connectivity index is 1.61. The molecule has 0 saturated heterocycles. The molecule has 1 N–H and O–H groups in total. The first-order valence-electron chi connectivity index (χ1n) is 10.4. The van der Waals surface area contributed by atoms with Crippen molar-refractivity contribution in [2.75, 3.05) is 19.0 Å². The van der Waals surface area contributed by atoms with E-state index in [9.17, 15) is 12.8 Å². The average molecular weight is 454 g/mol. The lowest BCUT2D eigenvalue weighted by atomic mass is 9.65. The molecule has 166 valence electrons. The van der Waals surface area contributed by atoms with Crippen molar-refractivity contribution >= 4 is 15.5 Å². The second-order valence-electron chi connectivity index (χ2n) is 8.80. The lowest BCUT2D eigenvalue weighted by molar-refractivity contribution is 0.133. The van der Waals surface area contributed by atoms with Gasteiger partial charge in [0.05, 0.1) is 35.1 Å². The van der Waals surface area contributed by atoms with Gasteiger partial charge in [-0.3, -0.25) is 0 Å². The highest BCUT2D eigenvalue weighted by molar-refractivity contribution is 7.91. The quantitative estimate of drug-likeness (QED) is 0.558. The molecule has 0 unspecified atom stereocenters. The summed E-state index contributed by atoms with van der Waals surface area (Å²) in [5, 5.41) is 3.61. The molecule has 0 bridgehead atoms. The molecule has 32 heavy (non-hydrogen) atoms. The van der Waals surface area contributed by atoms with Gasteiger partial charge in [-0.15, -0.1) is 0 Å². The summed E-state index contributed by atoms with van der Waals surface area (Å²) in [6, 6.07) is 15.8. The maximum atomic E-state index is 13.3. The molecule has 0 spiro atoms. The molecule has 2 atom stereocenters. The standard InChI is InChI=1S/C25H24FNO4S/c1-25(2)18-13-17(32(28,29)16-9-7-15(26)8-10-16)11-12-20(18)27-24-19(25)14-31-22-6-4-5-21(30-3)23(22)24/h4-13,19,24,27H,14H2,1-3H3/t19-,24-/m0/s1. The Kier molecular flexibility index (Phi) is 4.71. The third-order valence-corrected chi connectivity index (χ3v) is 8.50. The highest BCUT2D eigenvalue weighted by Crippen LogP contribution is 2.54. The van der Waals surface area contributed by atoms with Crippen LogP contribution in [0.5, 0.6) is 11.5 Å². The fraction of sp³-hybridized carbons (Fsp3) is 0.280. The van der Waals surface area contributed by atoms with E-state index in [4.69, 9.17) is 9.47 Å². The van der Waals surface area contributed by atoms with E-state index in [1.54, 1.807) is 19.2 Å². The number of anilines is 1. The first-order chi connectivity index (χ1) is 15.2. The summed E-state index contributed by atoms with van der Waals surface area (Å²) in [4.78, 5) is 0.254. The summed E-state index contributed by atoms with van der Waals surface area (Å²) < 4.78 is 51.4. The zero-order chi connectivity index (χ0) is 22.7. The van der Waals surface area contributed by atoms with E-state index < -0.39 is 15.7 Å². The van der Waals surface area contributed by atoms with E-state index in [1.165, 1.54) is 12.1 Å². The van der Waals surface area contributed by atoms with Crippen LogP contribution in [-0.4, -0.2) is 22.1 Å². The Morgan fingerprint density at radius 1 is 1.06 bits per heavy atom. The maximum Gasteiger partial charge on any atom is 0.206 e. The number of halogens is 1. The predicted octanol–water partition coefficient (Wildman–Crippen LogP) is 5.12. The number of hydrogen-bond donors (Lipinski definition) is 1. The number of ether oxygens (including phenoxy) is 2. The summed E-state index contributed by atoms with van der Waals surface area (Å²) in [7, 11) is -2.13. The van der Waals surface area contributed by atoms with Crippen LogP contribution in [0.25, 0.3) is 0 Å². The van der Waals surface area contributed by atoms with Crippen molar-refractivity contribution in [2.24, 2.45) is 5.92 Å². The Morgan fingerprint density at radius 3 is 2.50 bits per heavy atom. The molecule has 3 aromatic rings. The molecule has 5 nitrogen and oxygen atoms in total. The van der Waals surface area contributed by atoms with Crippen molar-refractivity contribution in [2.45, 2.75) is 35.1 Å². The molecule has 2 aliphatic rings. The van der Waals surface area contributed by atoms with E-state index >= 15 is 0 Å². The summed E-state index contributed by atoms with van der Waals surface area (Å²) >= 11 is 0. The fourth-order valence-electron chi connectivity index (χ4n) is 4.88. The summed E-state index contributed by atoms with van der Waals surface area (Å²) in [6.45, 7) is 4.73. The molecule has 2 heterocycles. The maximum absolute atomic E-state index is 13.3.